The number of ether oxygens (including phenoxy) is 1. The third-order valence-corrected chi connectivity index (χ3v) is 3.36. The van der Waals surface area contributed by atoms with Gasteiger partial charge in [0.05, 0.1) is 6.54 Å². The fourth-order valence-electron chi connectivity index (χ4n) is 2.03. The van der Waals surface area contributed by atoms with Crippen LogP contribution in [0.5, 0.6) is 5.75 Å². The van der Waals surface area contributed by atoms with Crippen molar-refractivity contribution in [3.8, 4) is 5.75 Å². The van der Waals surface area contributed by atoms with Crippen LogP contribution in [0.15, 0.2) is 36.4 Å². The zero-order chi connectivity index (χ0) is 20.0. The average Bonchev–Trinajstić information content (AvgIpc) is 2.63. The first-order valence-electron chi connectivity index (χ1n) is 7.74. The lowest BCUT2D eigenvalue weighted by atomic mass is 10.1. The van der Waals surface area contributed by atoms with Crippen molar-refractivity contribution in [2.24, 2.45) is 0 Å². The van der Waals surface area contributed by atoms with Crippen LogP contribution in [-0.2, 0) is 14.3 Å². The van der Waals surface area contributed by atoms with E-state index in [1.165, 1.54) is 12.1 Å². The summed E-state index contributed by atoms with van der Waals surface area (Å²) in [6, 6.07) is 7.15. The number of benzene rings is 2. The number of anilines is 1. The summed E-state index contributed by atoms with van der Waals surface area (Å²) in [5.41, 5.74) is 0.659. The van der Waals surface area contributed by atoms with Crippen molar-refractivity contribution in [3.05, 3.63) is 59.2 Å². The maximum Gasteiger partial charge on any atom is 0.342 e. The van der Waals surface area contributed by atoms with Crippen LogP contribution in [-0.4, -0.2) is 36.0 Å². The van der Waals surface area contributed by atoms with E-state index in [0.29, 0.717) is 0 Å². The van der Waals surface area contributed by atoms with Gasteiger partial charge in [0.1, 0.15) is 11.3 Å². The first kappa shape index (κ1) is 19.8. The third kappa shape index (κ3) is 5.77. The first-order valence-corrected chi connectivity index (χ1v) is 7.74. The number of hydrogen-bond donors (Lipinski definition) is 3. The molecule has 0 bridgehead atoms. The standard InChI is InChI=1S/C18H16F2N2O5/c1-10-2-5-15(23)12(6-10)18(26)27-9-17(25)21-8-16(24)22-11-3-4-13(19)14(20)7-11/h2-7,23H,8-9H2,1H3,(H,21,25)(H,22,24). The van der Waals surface area contributed by atoms with Crippen molar-refractivity contribution >= 4 is 23.5 Å². The molecule has 2 rings (SSSR count). The van der Waals surface area contributed by atoms with Crippen LogP contribution in [0.2, 0.25) is 0 Å². The lowest BCUT2D eigenvalue weighted by molar-refractivity contribution is -0.126. The Bertz CT molecular complexity index is 886. The number of nitrogens with one attached hydrogen (secondary N) is 2. The van der Waals surface area contributed by atoms with E-state index in [1.807, 2.05) is 0 Å². The molecule has 0 aliphatic rings. The molecule has 2 aromatic carbocycles. The van der Waals surface area contributed by atoms with E-state index >= 15 is 0 Å². The largest absolute Gasteiger partial charge is 0.507 e. The zero-order valence-corrected chi connectivity index (χ0v) is 14.2. The second-order valence-electron chi connectivity index (χ2n) is 5.55. The van der Waals surface area contributed by atoms with Crippen molar-refractivity contribution in [3.63, 3.8) is 0 Å². The number of amides is 2. The number of aryl methyl sites for hydroxylation is 1. The minimum atomic E-state index is -1.12. The number of rotatable bonds is 6. The molecule has 0 aliphatic carbocycles. The molecule has 0 radical (unpaired) electrons. The Kier molecular flexibility index (Phi) is 6.42. The van der Waals surface area contributed by atoms with Crippen LogP contribution in [0.3, 0.4) is 0 Å². The molecule has 2 aromatic rings. The van der Waals surface area contributed by atoms with E-state index in [9.17, 15) is 28.3 Å². The Morgan fingerprint density at radius 1 is 1.04 bits per heavy atom. The smallest absolute Gasteiger partial charge is 0.342 e. The Labute approximate surface area is 153 Å². The molecule has 0 saturated heterocycles. The maximum atomic E-state index is 13.1. The molecule has 0 heterocycles. The molecule has 0 saturated carbocycles. The fourth-order valence-corrected chi connectivity index (χ4v) is 2.03. The van der Waals surface area contributed by atoms with Gasteiger partial charge in [-0.25, -0.2) is 13.6 Å². The minimum Gasteiger partial charge on any atom is -0.507 e. The van der Waals surface area contributed by atoms with Crippen LogP contribution in [0, 0.1) is 18.6 Å². The van der Waals surface area contributed by atoms with Gasteiger partial charge in [-0.15, -0.1) is 0 Å². The van der Waals surface area contributed by atoms with Crippen molar-refractivity contribution < 1.29 is 33.0 Å². The number of hydrogen-bond acceptors (Lipinski definition) is 5. The number of phenolic OH excluding ortho intramolecular Hbond substituents is 1. The number of carbonyl (C=O) groups is 3. The molecule has 0 spiro atoms. The highest BCUT2D eigenvalue weighted by atomic mass is 19.2. The van der Waals surface area contributed by atoms with Crippen LogP contribution < -0.4 is 10.6 Å². The van der Waals surface area contributed by atoms with Gasteiger partial charge in [0, 0.05) is 11.8 Å². The van der Waals surface area contributed by atoms with E-state index in [-0.39, 0.29) is 17.0 Å². The van der Waals surface area contributed by atoms with E-state index in [2.05, 4.69) is 10.6 Å². The molecule has 3 N–H and O–H groups in total. The van der Waals surface area contributed by atoms with E-state index < -0.39 is 42.6 Å². The normalized spacial score (nSPS) is 10.2. The monoisotopic (exact) mass is 378 g/mol. The summed E-state index contributed by atoms with van der Waals surface area (Å²) in [7, 11) is 0. The van der Waals surface area contributed by atoms with Gasteiger partial charge in [-0.1, -0.05) is 11.6 Å². The molecule has 0 aliphatic heterocycles. The second kappa shape index (κ2) is 8.75. The van der Waals surface area contributed by atoms with Gasteiger partial charge in [-0.3, -0.25) is 9.59 Å². The Morgan fingerprint density at radius 2 is 1.78 bits per heavy atom. The second-order valence-corrected chi connectivity index (χ2v) is 5.55. The third-order valence-electron chi connectivity index (χ3n) is 3.36. The number of carbonyl (C=O) groups excluding carboxylic acids is 3. The molecule has 0 aromatic heterocycles. The molecule has 142 valence electrons. The highest BCUT2D eigenvalue weighted by molar-refractivity contribution is 5.96. The summed E-state index contributed by atoms with van der Waals surface area (Å²) in [6.45, 7) is 0.588. The number of aromatic hydroxyl groups is 1. The summed E-state index contributed by atoms with van der Waals surface area (Å²) in [6.07, 6.45) is 0. The molecule has 2 amide bonds. The Morgan fingerprint density at radius 3 is 2.48 bits per heavy atom. The van der Waals surface area contributed by atoms with Crippen molar-refractivity contribution in [1.29, 1.82) is 0 Å². The minimum absolute atomic E-state index is 0.0227. The number of esters is 1. The first-order chi connectivity index (χ1) is 12.8. The topological polar surface area (TPSA) is 105 Å². The zero-order valence-electron chi connectivity index (χ0n) is 14.2. The molecule has 0 unspecified atom stereocenters. The summed E-state index contributed by atoms with van der Waals surface area (Å²) in [5, 5.41) is 14.1. The average molecular weight is 378 g/mol. The van der Waals surface area contributed by atoms with Gasteiger partial charge in [0.25, 0.3) is 5.91 Å². The fraction of sp³-hybridized carbons (Fsp3) is 0.167. The molecule has 0 fully saturated rings. The Balaban J connectivity index is 1.78. The van der Waals surface area contributed by atoms with Crippen molar-refractivity contribution in [2.45, 2.75) is 6.92 Å². The summed E-state index contributed by atoms with van der Waals surface area (Å²) in [4.78, 5) is 35.2. The molecule has 0 atom stereocenters. The lowest BCUT2D eigenvalue weighted by Crippen LogP contribution is -2.35. The van der Waals surface area contributed by atoms with Gasteiger partial charge >= 0.3 is 5.97 Å². The highest BCUT2D eigenvalue weighted by Gasteiger charge is 2.15. The van der Waals surface area contributed by atoms with Crippen molar-refractivity contribution in [2.75, 3.05) is 18.5 Å². The molecular weight excluding hydrogens is 362 g/mol. The molecule has 27 heavy (non-hydrogen) atoms. The van der Waals surface area contributed by atoms with Gasteiger partial charge in [0.2, 0.25) is 5.91 Å². The summed E-state index contributed by atoms with van der Waals surface area (Å²) in [5.74, 6) is -4.78. The lowest BCUT2D eigenvalue weighted by Gasteiger charge is -2.09. The summed E-state index contributed by atoms with van der Waals surface area (Å²) < 4.78 is 30.6. The SMILES string of the molecule is Cc1ccc(O)c(C(=O)OCC(=O)NCC(=O)Nc2ccc(F)c(F)c2)c1. The molecule has 9 heteroatoms. The molecular formula is C18H16F2N2O5. The molecule has 7 nitrogen and oxygen atoms in total. The van der Waals surface area contributed by atoms with Gasteiger partial charge in [-0.05, 0) is 31.2 Å². The van der Waals surface area contributed by atoms with Gasteiger partial charge < -0.3 is 20.5 Å². The van der Waals surface area contributed by atoms with E-state index in [0.717, 1.165) is 23.8 Å². The van der Waals surface area contributed by atoms with E-state index in [4.69, 9.17) is 4.74 Å². The maximum absolute atomic E-state index is 13.1. The highest BCUT2D eigenvalue weighted by Crippen LogP contribution is 2.19. The van der Waals surface area contributed by atoms with E-state index in [1.54, 1.807) is 13.0 Å². The summed E-state index contributed by atoms with van der Waals surface area (Å²) >= 11 is 0. The van der Waals surface area contributed by atoms with Crippen LogP contribution in [0.25, 0.3) is 0 Å². The number of halogens is 2. The van der Waals surface area contributed by atoms with Crippen LogP contribution in [0.4, 0.5) is 14.5 Å². The quantitative estimate of drug-likeness (QED) is 0.666. The van der Waals surface area contributed by atoms with Gasteiger partial charge in [0.15, 0.2) is 18.2 Å². The van der Waals surface area contributed by atoms with Crippen LogP contribution >= 0.6 is 0 Å². The van der Waals surface area contributed by atoms with Crippen LogP contribution in [0.1, 0.15) is 15.9 Å². The van der Waals surface area contributed by atoms with Crippen molar-refractivity contribution in [1.82, 2.24) is 5.32 Å². The predicted molar refractivity (Wildman–Crippen MR) is 91.1 cm³/mol. The number of phenols is 1. The predicted octanol–water partition coefficient (Wildman–Crippen LogP) is 1.89. The Hall–Kier alpha value is -3.49. The van der Waals surface area contributed by atoms with Gasteiger partial charge in [-0.2, -0.15) is 0 Å².